The zero-order valence-electron chi connectivity index (χ0n) is 7.79. The van der Waals surface area contributed by atoms with E-state index in [0.717, 1.165) is 0 Å². The number of nitrogens with two attached hydrogens (primary N) is 1. The lowest BCUT2D eigenvalue weighted by atomic mass is 10.0. The molecule has 0 aliphatic carbocycles. The van der Waals surface area contributed by atoms with E-state index in [4.69, 9.17) is 5.73 Å². The first kappa shape index (κ1) is 10.9. The molecular formula is C11H13F2N. The zero-order chi connectivity index (χ0) is 10.4. The van der Waals surface area contributed by atoms with Gasteiger partial charge >= 0.3 is 0 Å². The molecular weight excluding hydrogens is 184 g/mol. The van der Waals surface area contributed by atoms with E-state index in [1.54, 1.807) is 24.3 Å². The fourth-order valence-electron chi connectivity index (χ4n) is 1.18. The molecule has 1 aromatic rings. The van der Waals surface area contributed by atoms with Crippen LogP contribution < -0.4 is 5.73 Å². The van der Waals surface area contributed by atoms with Crippen molar-refractivity contribution in [1.82, 2.24) is 0 Å². The Morgan fingerprint density at radius 2 is 2.00 bits per heavy atom. The van der Waals surface area contributed by atoms with Gasteiger partial charge in [0.05, 0.1) is 6.33 Å². The molecule has 2 N–H and O–H groups in total. The largest absolute Gasteiger partial charge is 0.327 e. The Labute approximate surface area is 82.2 Å². The van der Waals surface area contributed by atoms with E-state index >= 15 is 0 Å². The summed E-state index contributed by atoms with van der Waals surface area (Å²) in [5.74, 6) is 0. The van der Waals surface area contributed by atoms with Gasteiger partial charge < -0.3 is 5.73 Å². The number of alkyl halides is 1. The maximum Gasteiger partial charge on any atom is 0.129 e. The molecule has 0 radical (unpaired) electrons. The Morgan fingerprint density at radius 1 is 1.36 bits per heavy atom. The van der Waals surface area contributed by atoms with Gasteiger partial charge in [0.1, 0.15) is 6.17 Å². The van der Waals surface area contributed by atoms with Crippen molar-refractivity contribution in [2.45, 2.75) is 12.6 Å². The highest BCUT2D eigenvalue weighted by Gasteiger charge is 2.10. The van der Waals surface area contributed by atoms with Crippen molar-refractivity contribution in [3.63, 3.8) is 0 Å². The van der Waals surface area contributed by atoms with Crippen LogP contribution in [-0.2, 0) is 0 Å². The molecule has 1 rings (SSSR count). The fraction of sp³-hybridized carbons (Fsp3) is 0.273. The first-order valence-corrected chi connectivity index (χ1v) is 4.45. The molecule has 0 saturated heterocycles. The molecule has 0 fully saturated rings. The topological polar surface area (TPSA) is 26.0 Å². The van der Waals surface area contributed by atoms with Crippen molar-refractivity contribution in [2.75, 3.05) is 6.54 Å². The van der Waals surface area contributed by atoms with E-state index in [2.05, 4.69) is 0 Å². The predicted octanol–water partition coefficient (Wildman–Crippen LogP) is 2.90. The Morgan fingerprint density at radius 3 is 2.50 bits per heavy atom. The van der Waals surface area contributed by atoms with E-state index in [-0.39, 0.29) is 13.0 Å². The Kier molecular flexibility index (Phi) is 4.26. The van der Waals surface area contributed by atoms with E-state index in [0.29, 0.717) is 17.5 Å². The molecule has 0 aliphatic heterocycles. The second kappa shape index (κ2) is 5.50. The van der Waals surface area contributed by atoms with Crippen LogP contribution in [0.1, 0.15) is 18.2 Å². The summed E-state index contributed by atoms with van der Waals surface area (Å²) in [5.41, 5.74) is 6.08. The standard InChI is InChI=1S/C11H13F2N/c12-7-9(8-14)6-11(13)10-4-2-1-3-5-10/h1-5,7,11H,6,8,14H2/b9-7+. The monoisotopic (exact) mass is 197 g/mol. The van der Waals surface area contributed by atoms with E-state index in [1.807, 2.05) is 6.07 Å². The van der Waals surface area contributed by atoms with Crippen LogP contribution in [0.4, 0.5) is 8.78 Å². The number of rotatable bonds is 4. The minimum Gasteiger partial charge on any atom is -0.327 e. The molecule has 3 heteroatoms. The van der Waals surface area contributed by atoms with Crippen LogP contribution >= 0.6 is 0 Å². The Balaban J connectivity index is 2.63. The first-order chi connectivity index (χ1) is 6.77. The van der Waals surface area contributed by atoms with Gasteiger partial charge in [-0.15, -0.1) is 0 Å². The summed E-state index contributed by atoms with van der Waals surface area (Å²) in [4.78, 5) is 0. The summed E-state index contributed by atoms with van der Waals surface area (Å²) in [6.07, 6.45) is -0.770. The lowest BCUT2D eigenvalue weighted by Gasteiger charge is -2.08. The zero-order valence-corrected chi connectivity index (χ0v) is 7.79. The third-order valence-electron chi connectivity index (χ3n) is 2.02. The predicted molar refractivity (Wildman–Crippen MR) is 53.2 cm³/mol. The van der Waals surface area contributed by atoms with Crippen molar-refractivity contribution < 1.29 is 8.78 Å². The second-order valence-electron chi connectivity index (χ2n) is 3.05. The van der Waals surface area contributed by atoms with Gasteiger partial charge in [-0.25, -0.2) is 8.78 Å². The minimum absolute atomic E-state index is 0.0248. The van der Waals surface area contributed by atoms with Gasteiger partial charge in [-0.05, 0) is 11.1 Å². The smallest absolute Gasteiger partial charge is 0.129 e. The van der Waals surface area contributed by atoms with Gasteiger partial charge in [0.2, 0.25) is 0 Å². The highest BCUT2D eigenvalue weighted by atomic mass is 19.1. The van der Waals surface area contributed by atoms with Crippen molar-refractivity contribution >= 4 is 0 Å². The Hall–Kier alpha value is -1.22. The van der Waals surface area contributed by atoms with Crippen LogP contribution in [0.5, 0.6) is 0 Å². The summed E-state index contributed by atoms with van der Waals surface area (Å²) in [6.45, 7) is 0.0593. The van der Waals surface area contributed by atoms with Crippen molar-refractivity contribution in [3.8, 4) is 0 Å². The third kappa shape index (κ3) is 2.92. The normalized spacial score (nSPS) is 14.1. The van der Waals surface area contributed by atoms with E-state index < -0.39 is 6.17 Å². The van der Waals surface area contributed by atoms with Crippen LogP contribution in [-0.4, -0.2) is 6.54 Å². The number of halogens is 2. The molecule has 76 valence electrons. The van der Waals surface area contributed by atoms with E-state index in [1.165, 1.54) is 0 Å². The molecule has 14 heavy (non-hydrogen) atoms. The number of hydrogen-bond acceptors (Lipinski definition) is 1. The van der Waals surface area contributed by atoms with Crippen LogP contribution in [0, 0.1) is 0 Å². The highest BCUT2D eigenvalue weighted by molar-refractivity contribution is 5.19. The molecule has 0 heterocycles. The fourth-order valence-corrected chi connectivity index (χ4v) is 1.18. The van der Waals surface area contributed by atoms with Crippen LogP contribution in [0.25, 0.3) is 0 Å². The molecule has 0 aliphatic rings. The molecule has 1 atom stereocenters. The van der Waals surface area contributed by atoms with E-state index in [9.17, 15) is 8.78 Å². The molecule has 0 amide bonds. The van der Waals surface area contributed by atoms with Gasteiger partial charge in [0.25, 0.3) is 0 Å². The SMILES string of the molecule is NC/C(=C/F)CC(F)c1ccccc1. The molecule has 1 aromatic carbocycles. The Bertz CT molecular complexity index is 295. The highest BCUT2D eigenvalue weighted by Crippen LogP contribution is 2.24. The van der Waals surface area contributed by atoms with Gasteiger partial charge in [0.15, 0.2) is 0 Å². The summed E-state index contributed by atoms with van der Waals surface area (Å²) in [7, 11) is 0. The van der Waals surface area contributed by atoms with Gasteiger partial charge in [0, 0.05) is 13.0 Å². The maximum absolute atomic E-state index is 13.5. The summed E-state index contributed by atoms with van der Waals surface area (Å²) >= 11 is 0. The molecule has 1 nitrogen and oxygen atoms in total. The summed E-state index contributed by atoms with van der Waals surface area (Å²) in [6, 6.07) is 8.67. The summed E-state index contributed by atoms with van der Waals surface area (Å²) < 4.78 is 25.6. The second-order valence-corrected chi connectivity index (χ2v) is 3.05. The van der Waals surface area contributed by atoms with Crippen LogP contribution in [0.15, 0.2) is 42.2 Å². The molecule has 0 aromatic heterocycles. The van der Waals surface area contributed by atoms with Gasteiger partial charge in [-0.3, -0.25) is 0 Å². The third-order valence-corrected chi connectivity index (χ3v) is 2.02. The number of benzene rings is 1. The lowest BCUT2D eigenvalue weighted by Crippen LogP contribution is -2.05. The van der Waals surface area contributed by atoms with Crippen LogP contribution in [0.2, 0.25) is 0 Å². The average Bonchev–Trinajstić information content (AvgIpc) is 2.26. The van der Waals surface area contributed by atoms with Crippen molar-refractivity contribution in [1.29, 1.82) is 0 Å². The maximum atomic E-state index is 13.5. The van der Waals surface area contributed by atoms with Crippen LogP contribution in [0.3, 0.4) is 0 Å². The van der Waals surface area contributed by atoms with Gasteiger partial charge in [-0.2, -0.15) is 0 Å². The summed E-state index contributed by atoms with van der Waals surface area (Å²) in [5, 5.41) is 0. The van der Waals surface area contributed by atoms with Crippen molar-refractivity contribution in [3.05, 3.63) is 47.8 Å². The minimum atomic E-state index is -1.18. The van der Waals surface area contributed by atoms with Crippen molar-refractivity contribution in [2.24, 2.45) is 5.73 Å². The first-order valence-electron chi connectivity index (χ1n) is 4.45. The average molecular weight is 197 g/mol. The lowest BCUT2D eigenvalue weighted by molar-refractivity contribution is 0.339. The number of hydrogen-bond donors (Lipinski definition) is 1. The quantitative estimate of drug-likeness (QED) is 0.789. The molecule has 0 saturated carbocycles. The molecule has 0 spiro atoms. The van der Waals surface area contributed by atoms with Gasteiger partial charge in [-0.1, -0.05) is 30.3 Å². The molecule has 1 unspecified atom stereocenters. The molecule has 0 bridgehead atoms.